The highest BCUT2D eigenvalue weighted by Crippen LogP contribution is 2.30. The molecule has 0 aliphatic heterocycles. The average Bonchev–Trinajstić information content (AvgIpc) is 2.79. The van der Waals surface area contributed by atoms with E-state index in [1.165, 1.54) is 11.3 Å². The molecular weight excluding hydrogens is 340 g/mol. The number of carbonyl (C=O) groups is 2. The van der Waals surface area contributed by atoms with Crippen LogP contribution in [0.25, 0.3) is 10.2 Å². The number of rotatable bonds is 4. The monoisotopic (exact) mass is 356 g/mol. The standard InChI is InChI=1S/C15H17ClN2O4S/c1-15(2,3)22-14(21)18-11(13(19)20)7-8-6-10-12(23-8)9(16)4-5-17-10/h4-6,11H,7H2,1-3H3,(H,18,21)(H,19,20). The number of thiophene rings is 1. The Bertz CT molecular complexity index is 739. The van der Waals surface area contributed by atoms with Gasteiger partial charge in [0.1, 0.15) is 11.6 Å². The van der Waals surface area contributed by atoms with Crippen LogP contribution >= 0.6 is 22.9 Å². The zero-order valence-electron chi connectivity index (χ0n) is 12.9. The first-order valence-electron chi connectivity index (χ1n) is 6.91. The molecule has 2 aromatic heterocycles. The maximum absolute atomic E-state index is 11.8. The molecule has 2 aromatic rings. The number of aromatic nitrogens is 1. The van der Waals surface area contributed by atoms with Crippen molar-refractivity contribution in [2.24, 2.45) is 0 Å². The molecule has 0 saturated carbocycles. The van der Waals surface area contributed by atoms with E-state index >= 15 is 0 Å². The number of pyridine rings is 1. The Morgan fingerprint density at radius 2 is 2.17 bits per heavy atom. The number of carboxylic acids is 1. The molecule has 6 nitrogen and oxygen atoms in total. The second-order valence-electron chi connectivity index (χ2n) is 5.96. The van der Waals surface area contributed by atoms with Crippen molar-refractivity contribution in [3.05, 3.63) is 28.2 Å². The summed E-state index contributed by atoms with van der Waals surface area (Å²) in [5.74, 6) is -1.13. The number of nitrogens with one attached hydrogen (secondary N) is 1. The molecule has 0 aliphatic carbocycles. The van der Waals surface area contributed by atoms with Gasteiger partial charge in [0.25, 0.3) is 0 Å². The minimum Gasteiger partial charge on any atom is -0.480 e. The fourth-order valence-electron chi connectivity index (χ4n) is 1.91. The summed E-state index contributed by atoms with van der Waals surface area (Å²) in [7, 11) is 0. The predicted octanol–water partition coefficient (Wildman–Crippen LogP) is 3.47. The molecule has 1 amide bonds. The Morgan fingerprint density at radius 1 is 1.48 bits per heavy atom. The predicted molar refractivity (Wildman–Crippen MR) is 89.1 cm³/mol. The topological polar surface area (TPSA) is 88.5 Å². The van der Waals surface area contributed by atoms with E-state index in [9.17, 15) is 14.7 Å². The number of ether oxygens (including phenoxy) is 1. The maximum atomic E-state index is 11.8. The van der Waals surface area contributed by atoms with Crippen LogP contribution in [0.2, 0.25) is 5.02 Å². The molecule has 1 unspecified atom stereocenters. The first-order valence-corrected chi connectivity index (χ1v) is 8.10. The van der Waals surface area contributed by atoms with Crippen LogP contribution in [0.3, 0.4) is 0 Å². The fraction of sp³-hybridized carbons (Fsp3) is 0.400. The van der Waals surface area contributed by atoms with Gasteiger partial charge in [0, 0.05) is 17.5 Å². The van der Waals surface area contributed by atoms with Gasteiger partial charge in [-0.15, -0.1) is 11.3 Å². The molecule has 2 N–H and O–H groups in total. The zero-order chi connectivity index (χ0) is 17.2. The summed E-state index contributed by atoms with van der Waals surface area (Å²) in [5.41, 5.74) is 0.0151. The van der Waals surface area contributed by atoms with Gasteiger partial charge in [0.2, 0.25) is 0 Å². The van der Waals surface area contributed by atoms with Crippen LogP contribution < -0.4 is 5.32 Å². The van der Waals surface area contributed by atoms with Gasteiger partial charge in [-0.2, -0.15) is 0 Å². The van der Waals surface area contributed by atoms with E-state index in [4.69, 9.17) is 16.3 Å². The highest BCUT2D eigenvalue weighted by atomic mass is 35.5. The molecule has 0 aromatic carbocycles. The van der Waals surface area contributed by atoms with Crippen molar-refractivity contribution < 1.29 is 19.4 Å². The lowest BCUT2D eigenvalue weighted by Gasteiger charge is -2.21. The molecule has 0 spiro atoms. The van der Waals surface area contributed by atoms with Crippen LogP contribution in [0.15, 0.2) is 18.3 Å². The van der Waals surface area contributed by atoms with Gasteiger partial charge in [-0.3, -0.25) is 4.98 Å². The van der Waals surface area contributed by atoms with E-state index in [0.29, 0.717) is 10.5 Å². The summed E-state index contributed by atoms with van der Waals surface area (Å²) in [6.45, 7) is 5.13. The molecule has 2 rings (SSSR count). The van der Waals surface area contributed by atoms with E-state index in [1.807, 2.05) is 0 Å². The van der Waals surface area contributed by atoms with Crippen LogP contribution in [0.5, 0.6) is 0 Å². The average molecular weight is 357 g/mol. The smallest absolute Gasteiger partial charge is 0.408 e. The number of alkyl carbamates (subject to hydrolysis) is 1. The number of halogens is 1. The highest BCUT2D eigenvalue weighted by molar-refractivity contribution is 7.19. The second kappa shape index (κ2) is 6.72. The van der Waals surface area contributed by atoms with Crippen molar-refractivity contribution in [1.29, 1.82) is 0 Å². The third-order valence-corrected chi connectivity index (χ3v) is 4.42. The van der Waals surface area contributed by atoms with E-state index in [2.05, 4.69) is 10.3 Å². The Balaban J connectivity index is 2.13. The van der Waals surface area contributed by atoms with Gasteiger partial charge < -0.3 is 15.2 Å². The van der Waals surface area contributed by atoms with Gasteiger partial charge in [0.05, 0.1) is 15.2 Å². The van der Waals surface area contributed by atoms with Crippen molar-refractivity contribution in [3.63, 3.8) is 0 Å². The number of carboxylic acid groups (broad SMARTS) is 1. The Kier molecular flexibility index (Phi) is 5.11. The molecule has 1 atom stereocenters. The first-order chi connectivity index (χ1) is 10.7. The van der Waals surface area contributed by atoms with Crippen molar-refractivity contribution in [2.75, 3.05) is 0 Å². The summed E-state index contributed by atoms with van der Waals surface area (Å²) < 4.78 is 5.89. The zero-order valence-corrected chi connectivity index (χ0v) is 14.5. The van der Waals surface area contributed by atoms with Gasteiger partial charge in [-0.25, -0.2) is 9.59 Å². The van der Waals surface area contributed by atoms with Crippen molar-refractivity contribution in [1.82, 2.24) is 10.3 Å². The number of hydrogen-bond donors (Lipinski definition) is 2. The number of fused-ring (bicyclic) bond motifs is 1. The van der Waals surface area contributed by atoms with Gasteiger partial charge in [0.15, 0.2) is 0 Å². The SMILES string of the molecule is CC(C)(C)OC(=O)NC(Cc1cc2nccc(Cl)c2s1)C(=O)O. The van der Waals surface area contributed by atoms with Gasteiger partial charge in [-0.05, 0) is 32.9 Å². The summed E-state index contributed by atoms with van der Waals surface area (Å²) >= 11 is 7.45. The molecule has 0 bridgehead atoms. The van der Waals surface area contributed by atoms with Crippen LogP contribution in [0, 0.1) is 0 Å². The molecule has 0 saturated heterocycles. The minimum absolute atomic E-state index is 0.131. The molecule has 124 valence electrons. The quantitative estimate of drug-likeness (QED) is 0.875. The Morgan fingerprint density at radius 3 is 2.74 bits per heavy atom. The Hall–Kier alpha value is -1.86. The van der Waals surface area contributed by atoms with E-state index in [-0.39, 0.29) is 6.42 Å². The second-order valence-corrected chi connectivity index (χ2v) is 7.50. The van der Waals surface area contributed by atoms with E-state index < -0.39 is 23.7 Å². The molecule has 23 heavy (non-hydrogen) atoms. The van der Waals surface area contributed by atoms with Crippen molar-refractivity contribution in [2.45, 2.75) is 38.8 Å². The number of hydrogen-bond acceptors (Lipinski definition) is 5. The van der Waals surface area contributed by atoms with E-state index in [0.717, 1.165) is 9.58 Å². The largest absolute Gasteiger partial charge is 0.480 e. The maximum Gasteiger partial charge on any atom is 0.408 e. The number of amides is 1. The fourth-order valence-corrected chi connectivity index (χ4v) is 3.24. The lowest BCUT2D eigenvalue weighted by atomic mass is 10.2. The van der Waals surface area contributed by atoms with Crippen LogP contribution in [0.1, 0.15) is 25.6 Å². The third kappa shape index (κ3) is 4.80. The molecule has 0 aliphatic rings. The van der Waals surface area contributed by atoms with Crippen LogP contribution in [0.4, 0.5) is 4.79 Å². The van der Waals surface area contributed by atoms with Crippen LogP contribution in [-0.4, -0.2) is 33.8 Å². The molecule has 8 heteroatoms. The molecule has 2 heterocycles. The van der Waals surface area contributed by atoms with Gasteiger partial charge in [-0.1, -0.05) is 11.6 Å². The lowest BCUT2D eigenvalue weighted by molar-refractivity contribution is -0.139. The third-order valence-electron chi connectivity index (χ3n) is 2.81. The van der Waals surface area contributed by atoms with E-state index in [1.54, 1.807) is 39.1 Å². The summed E-state index contributed by atoms with van der Waals surface area (Å²) in [6.07, 6.45) is 0.961. The molecule has 0 radical (unpaired) electrons. The Labute approximate surface area is 142 Å². The molecule has 0 fully saturated rings. The van der Waals surface area contributed by atoms with Crippen molar-refractivity contribution >= 4 is 45.2 Å². The molecular formula is C15H17ClN2O4S. The number of aliphatic carboxylic acids is 1. The number of carbonyl (C=O) groups excluding carboxylic acids is 1. The summed E-state index contributed by atoms with van der Waals surface area (Å²) in [6, 6.07) is 2.37. The van der Waals surface area contributed by atoms with Crippen LogP contribution in [-0.2, 0) is 16.0 Å². The number of nitrogens with zero attached hydrogens (tertiary/aromatic N) is 1. The lowest BCUT2D eigenvalue weighted by Crippen LogP contribution is -2.44. The summed E-state index contributed by atoms with van der Waals surface area (Å²) in [5, 5.41) is 12.2. The highest BCUT2D eigenvalue weighted by Gasteiger charge is 2.25. The van der Waals surface area contributed by atoms with Crippen molar-refractivity contribution in [3.8, 4) is 0 Å². The minimum atomic E-state index is -1.13. The normalized spacial score (nSPS) is 12.9. The first kappa shape index (κ1) is 17.5. The van der Waals surface area contributed by atoms with Gasteiger partial charge >= 0.3 is 12.1 Å². The summed E-state index contributed by atoms with van der Waals surface area (Å²) in [4.78, 5) is 28.1.